The zero-order chi connectivity index (χ0) is 79.0. The number of likely N-dealkylation sites (N-methyl/N-ethyl adjacent to an activating group) is 2. The largest absolute Gasteiger partial charge is 0.395 e. The maximum absolute atomic E-state index is 13.0. The second kappa shape index (κ2) is 47.5. The van der Waals surface area contributed by atoms with Gasteiger partial charge in [0.2, 0.25) is 0 Å². The van der Waals surface area contributed by atoms with Crippen LogP contribution in [0.25, 0.3) is 44.5 Å². The molecule has 1 N–H and O–H groups in total. The molecule has 0 aromatic heterocycles. The Morgan fingerprint density at radius 1 is 0.409 bits per heavy atom. The second-order valence-corrected chi connectivity index (χ2v) is 28.9. The Bertz CT molecular complexity index is 4150. The minimum Gasteiger partial charge on any atom is -0.395 e. The van der Waals surface area contributed by atoms with E-state index >= 15 is 0 Å². The number of carbonyl (C=O) groups is 6. The van der Waals surface area contributed by atoms with E-state index in [2.05, 4.69) is 111 Å². The molecule has 0 fully saturated rings. The molecule has 2 atom stereocenters. The maximum atomic E-state index is 13.0. The van der Waals surface area contributed by atoms with Gasteiger partial charge in [0.05, 0.1) is 13.2 Å². The van der Waals surface area contributed by atoms with E-state index in [0.717, 1.165) is 81.8 Å². The molecule has 0 aliphatic carbocycles. The quantitative estimate of drug-likeness (QED) is 0.0313. The lowest BCUT2D eigenvalue weighted by atomic mass is 9.86. The van der Waals surface area contributed by atoms with Crippen LogP contribution in [0.4, 0.5) is 11.4 Å². The van der Waals surface area contributed by atoms with Crippen LogP contribution in [0.2, 0.25) is 0 Å². The number of halogens is 1. The number of rotatable bonds is 26. The Labute approximate surface area is 663 Å². The third kappa shape index (κ3) is 25.0. The normalized spacial score (nSPS) is 12.8. The smallest absolute Gasteiger partial charge is 0.261 e. The molecule has 12 rings (SSSR count). The first-order chi connectivity index (χ1) is 52.0. The molecule has 0 saturated carbocycles. The van der Waals surface area contributed by atoms with E-state index in [1.54, 1.807) is 12.1 Å². The molecule has 9 aromatic rings. The number of carbonyl (C=O) groups excluding carboxylic acids is 6. The van der Waals surface area contributed by atoms with E-state index in [4.69, 9.17) is 21.1 Å². The molecule has 3 aliphatic heterocycles. The van der Waals surface area contributed by atoms with Crippen molar-refractivity contribution in [2.24, 2.45) is 17.8 Å². The van der Waals surface area contributed by atoms with Crippen LogP contribution in [-0.4, -0.2) is 141 Å². The summed E-state index contributed by atoms with van der Waals surface area (Å²) in [5.41, 5.74) is 10.6. The highest BCUT2D eigenvalue weighted by Gasteiger charge is 2.36. The van der Waals surface area contributed by atoms with Crippen LogP contribution in [0.15, 0.2) is 195 Å². The third-order valence-corrected chi connectivity index (χ3v) is 19.3. The van der Waals surface area contributed by atoms with E-state index in [1.165, 1.54) is 43.4 Å². The summed E-state index contributed by atoms with van der Waals surface area (Å²) in [4.78, 5) is 86.0. The minimum atomic E-state index is -0.217. The highest BCUT2D eigenvalue weighted by atomic mass is 35.5. The lowest BCUT2D eigenvalue weighted by molar-refractivity contribution is 0.0588. The number of aliphatic hydroxyl groups is 1. The first-order valence-corrected chi connectivity index (χ1v) is 38.9. The predicted octanol–water partition coefficient (Wildman–Crippen LogP) is 22.3. The fraction of sp³-hybridized carbons (Fsp3) is 0.389. The van der Waals surface area contributed by atoms with Gasteiger partial charge in [0.15, 0.2) is 0 Å². The molecule has 0 spiro atoms. The fourth-order valence-electron chi connectivity index (χ4n) is 12.8. The molecule has 15 heteroatoms. The van der Waals surface area contributed by atoms with E-state index < -0.39 is 0 Å². The van der Waals surface area contributed by atoms with Gasteiger partial charge in [0.1, 0.15) is 0 Å². The topological polar surface area (TPSA) is 157 Å². The molecular formula is C95H124ClN5O9. The van der Waals surface area contributed by atoms with Crippen molar-refractivity contribution in [3.63, 3.8) is 0 Å². The molecule has 6 amide bonds. The van der Waals surface area contributed by atoms with Crippen molar-refractivity contribution in [2.75, 3.05) is 95.5 Å². The number of anilines is 2. The van der Waals surface area contributed by atoms with Gasteiger partial charge in [-0.1, -0.05) is 243 Å². The monoisotopic (exact) mass is 1510 g/mol. The number of imide groups is 3. The van der Waals surface area contributed by atoms with Crippen molar-refractivity contribution in [2.45, 2.75) is 142 Å². The van der Waals surface area contributed by atoms with Crippen LogP contribution >= 0.6 is 11.6 Å². The minimum absolute atomic E-state index is 0. The molecule has 9 aromatic carbocycles. The van der Waals surface area contributed by atoms with Crippen molar-refractivity contribution in [3.8, 4) is 0 Å². The molecule has 110 heavy (non-hydrogen) atoms. The summed E-state index contributed by atoms with van der Waals surface area (Å²) in [7, 11) is 3.90. The molecule has 3 aliphatic rings. The Morgan fingerprint density at radius 3 is 1.07 bits per heavy atom. The van der Waals surface area contributed by atoms with Gasteiger partial charge < -0.3 is 24.4 Å². The zero-order valence-electron chi connectivity index (χ0n) is 66.4. The Kier molecular flexibility index (Phi) is 40.1. The van der Waals surface area contributed by atoms with Crippen molar-refractivity contribution >= 4 is 103 Å². The average molecular weight is 1520 g/mol. The average Bonchev–Trinajstić information content (AvgIpc) is 0.753. The number of aliphatic hydroxyl groups excluding tert-OH is 1. The molecular weight excluding hydrogens is 1390 g/mol. The van der Waals surface area contributed by atoms with E-state index in [1.807, 2.05) is 191 Å². The lowest BCUT2D eigenvalue weighted by Gasteiger charge is -2.29. The van der Waals surface area contributed by atoms with Gasteiger partial charge >= 0.3 is 0 Å². The summed E-state index contributed by atoms with van der Waals surface area (Å²) in [6.45, 7) is 37.7. The number of alkyl halides is 1. The summed E-state index contributed by atoms with van der Waals surface area (Å²) in [6, 6.07) is 59.2. The van der Waals surface area contributed by atoms with E-state index in [-0.39, 0.29) is 56.9 Å². The Hall–Kier alpha value is -9.57. The van der Waals surface area contributed by atoms with Crippen LogP contribution in [0.3, 0.4) is 0 Å². The van der Waals surface area contributed by atoms with Crippen molar-refractivity contribution in [3.05, 3.63) is 251 Å². The van der Waals surface area contributed by atoms with Crippen molar-refractivity contribution < 1.29 is 43.3 Å². The van der Waals surface area contributed by atoms with E-state index in [0.29, 0.717) is 116 Å². The third-order valence-electron chi connectivity index (χ3n) is 19.3. The van der Waals surface area contributed by atoms with E-state index in [9.17, 15) is 33.9 Å². The lowest BCUT2D eigenvalue weighted by Crippen LogP contribution is -2.41. The van der Waals surface area contributed by atoms with Gasteiger partial charge in [0, 0.05) is 144 Å². The van der Waals surface area contributed by atoms with Gasteiger partial charge in [-0.05, 0) is 152 Å². The van der Waals surface area contributed by atoms with Crippen molar-refractivity contribution in [1.29, 1.82) is 0 Å². The number of nitrogens with zero attached hydrogens (tertiary/aromatic N) is 5. The highest BCUT2D eigenvalue weighted by molar-refractivity contribution is 6.29. The first-order valence-electron chi connectivity index (χ1n) is 38.4. The summed E-state index contributed by atoms with van der Waals surface area (Å²) >= 11 is 5.00. The molecule has 2 unspecified atom stereocenters. The molecule has 0 bridgehead atoms. The SMILES string of the molecule is C.C.C=Cc1ccccc1.C=Cc1ccccc1.CC(C)CCN1C(=O)c2cccc3c(N(C)CCO)ccc(c23)C1=O.CCC(C)c1ccccc1.CCCl.CCOCCC(C)c1ccc2c3c(cccc13)C(=O)N(CCC(C)C)C2=O.CCOCCN(C)c1ccc2c3c(cccc13)C(=O)N(CCC(C)C)C2=O. The van der Waals surface area contributed by atoms with Crippen LogP contribution < -0.4 is 9.80 Å². The van der Waals surface area contributed by atoms with Crippen molar-refractivity contribution in [1.82, 2.24) is 14.7 Å². The summed E-state index contributed by atoms with van der Waals surface area (Å²) < 4.78 is 11.0. The number of amides is 6. The predicted molar refractivity (Wildman–Crippen MR) is 464 cm³/mol. The zero-order valence-corrected chi connectivity index (χ0v) is 67.2. The second-order valence-electron chi connectivity index (χ2n) is 28.4. The molecule has 3 heterocycles. The maximum Gasteiger partial charge on any atom is 0.261 e. The summed E-state index contributed by atoms with van der Waals surface area (Å²) in [5.74, 6) is 1.88. The van der Waals surface area contributed by atoms with Gasteiger partial charge in [0.25, 0.3) is 35.4 Å². The Morgan fingerprint density at radius 2 is 0.736 bits per heavy atom. The number of hydrogen-bond donors (Lipinski definition) is 1. The van der Waals surface area contributed by atoms with Crippen LogP contribution in [0.5, 0.6) is 0 Å². The number of ether oxygens (including phenoxy) is 2. The van der Waals surface area contributed by atoms with Gasteiger partial charge in [-0.3, -0.25) is 43.5 Å². The van der Waals surface area contributed by atoms with Crippen LogP contribution in [-0.2, 0) is 9.47 Å². The number of hydrogen-bond acceptors (Lipinski definition) is 11. The Balaban J connectivity index is 0.000000292. The standard InChI is InChI=1S/C23H29NO3.C22H28N2O3.C20H24N2O3.C10H14.2C8H8.C2H5Cl.2CH4/c1-5-27-14-12-16(4)17-9-10-20-21-18(17)7-6-8-19(21)22(25)24(23(20)26)13-11-15(2)3;1-5-27-14-13-23(4)19-10-9-18-20-16(19)7-6-8-17(20)21(25)24(22(18)26)12-11-15(2)3;1-13(2)9-10-22-19(24)15-6-4-5-14-17(21(3)11-12-23)8-7-16(18(14)15)20(22)25;1-3-9(2)10-7-5-4-6-8-10;2*1-2-8-6-4-3-5-7-8;1-2-3;;/h6-10,15-16H,5,11-14H2,1-4H3;6-10,15H,5,11-14H2,1-4H3;4-8,13,23H,9-12H2,1-3H3;4-9H,3H2,1-2H3;2*2-7H,1H2;2H2,1H3;2*1H4. The van der Waals surface area contributed by atoms with Gasteiger partial charge in [-0.25, -0.2) is 0 Å². The van der Waals surface area contributed by atoms with Gasteiger partial charge in [-0.15, -0.1) is 11.6 Å². The molecule has 14 nitrogen and oxygen atoms in total. The van der Waals surface area contributed by atoms with Crippen LogP contribution in [0.1, 0.15) is 226 Å². The van der Waals surface area contributed by atoms with Gasteiger partial charge in [-0.2, -0.15) is 0 Å². The molecule has 590 valence electrons. The molecule has 0 radical (unpaired) electrons. The molecule has 0 saturated heterocycles. The first kappa shape index (κ1) is 92.8. The summed E-state index contributed by atoms with van der Waals surface area (Å²) in [5, 5.41) is 14.3. The van der Waals surface area contributed by atoms with Crippen LogP contribution in [0, 0.1) is 17.8 Å². The fourth-order valence-corrected chi connectivity index (χ4v) is 12.8. The highest BCUT2D eigenvalue weighted by Crippen LogP contribution is 2.39. The number of benzene rings is 9. The summed E-state index contributed by atoms with van der Waals surface area (Å²) in [6.07, 6.45) is 8.22.